The predicted molar refractivity (Wildman–Crippen MR) is 104 cm³/mol. The number of halogens is 4. The number of aromatic nitrogens is 4. The summed E-state index contributed by atoms with van der Waals surface area (Å²) in [6, 6.07) is 10.3. The molecule has 1 aliphatic rings. The zero-order valence-corrected chi connectivity index (χ0v) is 16.2. The van der Waals surface area contributed by atoms with E-state index in [1.54, 1.807) is 31.2 Å². The second kappa shape index (κ2) is 7.45. The number of hydrogen-bond acceptors (Lipinski definition) is 5. The fourth-order valence-electron chi connectivity index (χ4n) is 3.20. The second-order valence-corrected chi connectivity index (χ2v) is 7.03. The molecular formula is C19H14ClF3N6O. The molecule has 1 aromatic heterocycles. The topological polar surface area (TPSA) is 84.7 Å². The van der Waals surface area contributed by atoms with Gasteiger partial charge in [-0.3, -0.25) is 4.79 Å². The van der Waals surface area contributed by atoms with E-state index >= 15 is 0 Å². The van der Waals surface area contributed by atoms with Crippen molar-refractivity contribution >= 4 is 29.1 Å². The summed E-state index contributed by atoms with van der Waals surface area (Å²) in [6.07, 6.45) is -4.47. The molecule has 7 nitrogen and oxygen atoms in total. The summed E-state index contributed by atoms with van der Waals surface area (Å²) in [5.74, 6) is -0.172. The fourth-order valence-corrected chi connectivity index (χ4v) is 3.33. The number of alkyl halides is 3. The minimum Gasteiger partial charge on any atom is -0.326 e. The lowest BCUT2D eigenvalue weighted by molar-refractivity contribution is -0.137. The highest BCUT2D eigenvalue weighted by atomic mass is 35.5. The van der Waals surface area contributed by atoms with Gasteiger partial charge in [0.1, 0.15) is 6.04 Å². The summed E-state index contributed by atoms with van der Waals surface area (Å²) < 4.78 is 40.2. The van der Waals surface area contributed by atoms with Crippen molar-refractivity contribution < 1.29 is 18.0 Å². The van der Waals surface area contributed by atoms with Gasteiger partial charge in [-0.15, -0.1) is 0 Å². The number of hydrogen-bond donors (Lipinski definition) is 2. The van der Waals surface area contributed by atoms with Crippen LogP contribution in [0.3, 0.4) is 0 Å². The van der Waals surface area contributed by atoms with Crippen LogP contribution in [0.4, 0.5) is 24.8 Å². The Morgan fingerprint density at radius 3 is 2.43 bits per heavy atom. The number of nitrogens with zero attached hydrogens (tertiary/aromatic N) is 4. The molecule has 0 aliphatic carbocycles. The molecule has 30 heavy (non-hydrogen) atoms. The largest absolute Gasteiger partial charge is 0.416 e. The highest BCUT2D eigenvalue weighted by Crippen LogP contribution is 2.36. The van der Waals surface area contributed by atoms with E-state index in [0.717, 1.165) is 12.1 Å². The predicted octanol–water partition coefficient (Wildman–Crippen LogP) is 4.27. The van der Waals surface area contributed by atoms with E-state index in [4.69, 9.17) is 11.6 Å². The van der Waals surface area contributed by atoms with Crippen molar-refractivity contribution in [1.29, 1.82) is 0 Å². The third-order valence-electron chi connectivity index (χ3n) is 4.61. The van der Waals surface area contributed by atoms with Crippen molar-refractivity contribution in [2.75, 3.05) is 10.6 Å². The first-order valence-electron chi connectivity index (χ1n) is 8.74. The smallest absolute Gasteiger partial charge is 0.326 e. The summed E-state index contributed by atoms with van der Waals surface area (Å²) >= 11 is 5.87. The molecule has 0 saturated heterocycles. The van der Waals surface area contributed by atoms with Crippen LogP contribution in [0, 0.1) is 0 Å². The molecule has 0 unspecified atom stereocenters. The fraction of sp³-hybridized carbons (Fsp3) is 0.158. The Kier molecular flexibility index (Phi) is 4.94. The molecule has 2 N–H and O–H groups in total. The highest BCUT2D eigenvalue weighted by molar-refractivity contribution is 6.30. The first-order chi connectivity index (χ1) is 14.2. The SMILES string of the molecule is CC1=C(C(=O)Nc2ccc(Cl)cc2)[C@H](c2ccc(C(F)(F)F)cc2)n2nnnc2N1. The van der Waals surface area contributed by atoms with Crippen LogP contribution in [0.5, 0.6) is 0 Å². The van der Waals surface area contributed by atoms with Crippen molar-refractivity contribution in [2.24, 2.45) is 0 Å². The van der Waals surface area contributed by atoms with Crippen LogP contribution >= 0.6 is 11.6 Å². The number of amides is 1. The Morgan fingerprint density at radius 1 is 1.13 bits per heavy atom. The van der Waals surface area contributed by atoms with Crippen LogP contribution in [-0.2, 0) is 11.0 Å². The zero-order valence-electron chi connectivity index (χ0n) is 15.4. The maximum atomic E-state index is 13.1. The Bertz CT molecular complexity index is 1120. The number of anilines is 2. The van der Waals surface area contributed by atoms with Gasteiger partial charge in [-0.25, -0.2) is 0 Å². The number of carbonyl (C=O) groups is 1. The van der Waals surface area contributed by atoms with Gasteiger partial charge in [0.25, 0.3) is 5.91 Å². The van der Waals surface area contributed by atoms with Gasteiger partial charge in [0.2, 0.25) is 5.95 Å². The van der Waals surface area contributed by atoms with Crippen LogP contribution in [0.15, 0.2) is 59.8 Å². The van der Waals surface area contributed by atoms with E-state index < -0.39 is 23.7 Å². The summed E-state index contributed by atoms with van der Waals surface area (Å²) in [7, 11) is 0. The number of nitrogens with one attached hydrogen (secondary N) is 2. The molecule has 0 spiro atoms. The number of rotatable bonds is 3. The van der Waals surface area contributed by atoms with Gasteiger partial charge in [0, 0.05) is 16.4 Å². The van der Waals surface area contributed by atoms with Crippen molar-refractivity contribution in [3.05, 3.63) is 76.0 Å². The first kappa shape index (κ1) is 19.9. The molecule has 0 fully saturated rings. The monoisotopic (exact) mass is 434 g/mol. The third-order valence-corrected chi connectivity index (χ3v) is 4.87. The Labute approximate surface area is 173 Å². The standard InChI is InChI=1S/C19H14ClF3N6O/c1-10-15(17(30)25-14-8-6-13(20)7-9-14)16(29-18(24-10)26-27-28-29)11-2-4-12(5-3-11)19(21,22)23/h2-9,16H,1H3,(H,25,30)(H,24,26,28)/t16-/m0/s1. The van der Waals surface area contributed by atoms with Gasteiger partial charge in [-0.2, -0.15) is 17.9 Å². The van der Waals surface area contributed by atoms with E-state index in [2.05, 4.69) is 26.2 Å². The van der Waals surface area contributed by atoms with Crippen LogP contribution < -0.4 is 10.6 Å². The van der Waals surface area contributed by atoms with Crippen molar-refractivity contribution in [1.82, 2.24) is 20.2 Å². The Morgan fingerprint density at radius 2 is 1.80 bits per heavy atom. The molecule has 2 heterocycles. The van der Waals surface area contributed by atoms with Crippen molar-refractivity contribution in [3.8, 4) is 0 Å². The molecule has 2 aromatic carbocycles. The number of tetrazole rings is 1. The lowest BCUT2D eigenvalue weighted by Gasteiger charge is -2.28. The minimum absolute atomic E-state index is 0.268. The zero-order chi connectivity index (χ0) is 21.5. The van der Waals surface area contributed by atoms with Gasteiger partial charge in [-0.1, -0.05) is 28.8 Å². The molecule has 1 aliphatic heterocycles. The van der Waals surface area contributed by atoms with Crippen molar-refractivity contribution in [2.45, 2.75) is 19.1 Å². The van der Waals surface area contributed by atoms with Crippen LogP contribution in [-0.4, -0.2) is 26.1 Å². The van der Waals surface area contributed by atoms with Gasteiger partial charge in [0.15, 0.2) is 0 Å². The Balaban J connectivity index is 1.73. The molecule has 0 saturated carbocycles. The molecule has 1 amide bonds. The number of benzene rings is 2. The normalized spacial score (nSPS) is 16.1. The molecular weight excluding hydrogens is 421 g/mol. The maximum Gasteiger partial charge on any atom is 0.416 e. The highest BCUT2D eigenvalue weighted by Gasteiger charge is 2.35. The maximum absolute atomic E-state index is 13.1. The number of fused-ring (bicyclic) bond motifs is 1. The summed E-state index contributed by atoms with van der Waals surface area (Å²) in [6.45, 7) is 1.67. The van der Waals surface area contributed by atoms with E-state index in [1.165, 1.54) is 16.8 Å². The lowest BCUT2D eigenvalue weighted by atomic mass is 9.94. The van der Waals surface area contributed by atoms with Gasteiger partial charge in [-0.05, 0) is 59.3 Å². The summed E-state index contributed by atoms with van der Waals surface area (Å²) in [4.78, 5) is 13.1. The molecule has 0 bridgehead atoms. The first-order valence-corrected chi connectivity index (χ1v) is 9.11. The quantitative estimate of drug-likeness (QED) is 0.643. The van der Waals surface area contributed by atoms with Gasteiger partial charge < -0.3 is 10.6 Å². The average Bonchev–Trinajstić information content (AvgIpc) is 3.16. The average molecular weight is 435 g/mol. The van der Waals surface area contributed by atoms with Crippen molar-refractivity contribution in [3.63, 3.8) is 0 Å². The lowest BCUT2D eigenvalue weighted by Crippen LogP contribution is -2.31. The van der Waals surface area contributed by atoms with E-state index in [0.29, 0.717) is 22.0 Å². The van der Waals surface area contributed by atoms with Crippen LogP contribution in [0.25, 0.3) is 0 Å². The minimum atomic E-state index is -4.47. The van der Waals surface area contributed by atoms with E-state index in [1.807, 2.05) is 0 Å². The molecule has 0 radical (unpaired) electrons. The molecule has 11 heteroatoms. The molecule has 4 rings (SSSR count). The molecule has 3 aromatic rings. The molecule has 1 atom stereocenters. The number of carbonyl (C=O) groups excluding carboxylic acids is 1. The second-order valence-electron chi connectivity index (χ2n) is 6.59. The van der Waals surface area contributed by atoms with Gasteiger partial charge >= 0.3 is 6.18 Å². The van der Waals surface area contributed by atoms with E-state index in [-0.39, 0.29) is 11.5 Å². The van der Waals surface area contributed by atoms with Gasteiger partial charge in [0.05, 0.1) is 11.1 Å². The van der Waals surface area contributed by atoms with Crippen LogP contribution in [0.2, 0.25) is 5.02 Å². The summed E-state index contributed by atoms with van der Waals surface area (Å²) in [5, 5.41) is 17.6. The molecule has 154 valence electrons. The number of allylic oxidation sites excluding steroid dienone is 1. The third kappa shape index (κ3) is 3.73. The van der Waals surface area contributed by atoms with E-state index in [9.17, 15) is 18.0 Å². The van der Waals surface area contributed by atoms with Crippen LogP contribution in [0.1, 0.15) is 24.1 Å². The Hall–Kier alpha value is -3.40. The summed E-state index contributed by atoms with van der Waals surface area (Å²) in [5.41, 5.74) is 0.903.